The summed E-state index contributed by atoms with van der Waals surface area (Å²) in [4.78, 5) is 33.7. The fraction of sp³-hybridized carbons (Fsp3) is 0.786. The monoisotopic (exact) mass is 285 g/mol. The molecular weight excluding hydrogens is 262 g/mol. The van der Waals surface area contributed by atoms with E-state index < -0.39 is 11.5 Å². The molecule has 3 atom stereocenters. The molecule has 0 spiro atoms. The molecule has 0 aliphatic heterocycles. The first kappa shape index (κ1) is 16.6. The van der Waals surface area contributed by atoms with Gasteiger partial charge in [-0.2, -0.15) is 0 Å². The zero-order chi connectivity index (χ0) is 15.2. The van der Waals surface area contributed by atoms with Crippen LogP contribution in [0.15, 0.2) is 0 Å². The van der Waals surface area contributed by atoms with Crippen molar-refractivity contribution in [1.29, 1.82) is 0 Å². The molecule has 2 N–H and O–H groups in total. The van der Waals surface area contributed by atoms with Crippen LogP contribution < -0.4 is 5.32 Å². The van der Waals surface area contributed by atoms with Crippen molar-refractivity contribution in [2.75, 3.05) is 6.61 Å². The van der Waals surface area contributed by atoms with E-state index in [1.165, 1.54) is 6.92 Å². The number of carbonyl (C=O) groups is 3. The van der Waals surface area contributed by atoms with Crippen molar-refractivity contribution in [2.24, 2.45) is 5.92 Å². The third-order valence-corrected chi connectivity index (χ3v) is 3.98. The normalized spacial score (nSPS) is 25.5. The van der Waals surface area contributed by atoms with E-state index >= 15 is 0 Å². The fourth-order valence-electron chi connectivity index (χ4n) is 2.38. The Bertz CT molecular complexity index is 371. The van der Waals surface area contributed by atoms with Gasteiger partial charge in [0, 0.05) is 5.92 Å². The molecule has 1 aliphatic rings. The number of rotatable bonds is 7. The van der Waals surface area contributed by atoms with Gasteiger partial charge in [0.1, 0.15) is 18.4 Å². The first-order chi connectivity index (χ1) is 9.42. The summed E-state index contributed by atoms with van der Waals surface area (Å²) in [5.41, 5.74) is -1.23. The molecule has 0 bridgehead atoms. The molecule has 3 unspecified atom stereocenters. The van der Waals surface area contributed by atoms with Crippen molar-refractivity contribution < 1.29 is 24.2 Å². The summed E-state index contributed by atoms with van der Waals surface area (Å²) in [6.07, 6.45) is 3.88. The fourth-order valence-corrected chi connectivity index (χ4v) is 2.38. The zero-order valence-corrected chi connectivity index (χ0v) is 12.1. The molecule has 1 saturated carbocycles. The number of hydrogen-bond donors (Lipinski definition) is 2. The third kappa shape index (κ3) is 4.30. The summed E-state index contributed by atoms with van der Waals surface area (Å²) in [6.45, 7) is 3.28. The number of aliphatic carboxylic acids is 1. The Morgan fingerprint density at radius 2 is 2.15 bits per heavy atom. The Morgan fingerprint density at radius 3 is 2.70 bits per heavy atom. The third-order valence-electron chi connectivity index (χ3n) is 3.98. The molecule has 0 aromatic carbocycles. The number of amides is 1. The molecular formula is C14H23NO5. The van der Waals surface area contributed by atoms with Crippen molar-refractivity contribution >= 4 is 18.2 Å². The Balaban J connectivity index is 2.58. The van der Waals surface area contributed by atoms with Crippen LogP contribution in [-0.4, -0.2) is 41.5 Å². The van der Waals surface area contributed by atoms with E-state index in [0.29, 0.717) is 19.1 Å². The molecule has 1 fully saturated rings. The lowest BCUT2D eigenvalue weighted by atomic mass is 9.85. The maximum absolute atomic E-state index is 12.2. The van der Waals surface area contributed by atoms with Crippen LogP contribution in [0.5, 0.6) is 0 Å². The first-order valence-electron chi connectivity index (χ1n) is 7.03. The molecule has 6 nitrogen and oxygen atoms in total. The molecule has 0 aromatic rings. The minimum Gasteiger partial charge on any atom is -0.480 e. The van der Waals surface area contributed by atoms with Crippen molar-refractivity contribution in [2.45, 2.75) is 57.6 Å². The van der Waals surface area contributed by atoms with Gasteiger partial charge in [-0.05, 0) is 32.6 Å². The average molecular weight is 285 g/mol. The smallest absolute Gasteiger partial charge is 0.329 e. The van der Waals surface area contributed by atoms with Gasteiger partial charge >= 0.3 is 5.97 Å². The lowest BCUT2D eigenvalue weighted by Gasteiger charge is -2.31. The molecule has 6 heteroatoms. The minimum absolute atomic E-state index is 0.0425. The van der Waals surface area contributed by atoms with E-state index in [1.807, 2.05) is 0 Å². The first-order valence-corrected chi connectivity index (χ1v) is 7.03. The van der Waals surface area contributed by atoms with Gasteiger partial charge in [-0.25, -0.2) is 4.79 Å². The summed E-state index contributed by atoms with van der Waals surface area (Å²) in [7, 11) is 0. The summed E-state index contributed by atoms with van der Waals surface area (Å²) in [5, 5.41) is 11.8. The molecule has 1 aliphatic carbocycles. The van der Waals surface area contributed by atoms with Gasteiger partial charge < -0.3 is 20.0 Å². The number of hydrogen-bond acceptors (Lipinski definition) is 4. The number of carboxylic acid groups (broad SMARTS) is 1. The van der Waals surface area contributed by atoms with Crippen LogP contribution in [-0.2, 0) is 19.1 Å². The van der Waals surface area contributed by atoms with Gasteiger partial charge in [0.25, 0.3) is 0 Å². The Labute approximate surface area is 118 Å². The predicted octanol–water partition coefficient (Wildman–Crippen LogP) is 1.13. The van der Waals surface area contributed by atoms with Crippen molar-refractivity contribution in [1.82, 2.24) is 5.32 Å². The summed E-state index contributed by atoms with van der Waals surface area (Å²) in [6, 6.07) is 0. The minimum atomic E-state index is -1.23. The number of carboxylic acids is 1. The SMILES string of the molecule is CCC(C)(NC(=O)C1CCCC(OCC=O)C1)C(=O)O. The van der Waals surface area contributed by atoms with Crippen LogP contribution in [0.1, 0.15) is 46.0 Å². The molecule has 0 radical (unpaired) electrons. The summed E-state index contributed by atoms with van der Waals surface area (Å²) < 4.78 is 5.35. The summed E-state index contributed by atoms with van der Waals surface area (Å²) >= 11 is 0. The van der Waals surface area contributed by atoms with E-state index in [1.54, 1.807) is 6.92 Å². The highest BCUT2D eigenvalue weighted by molar-refractivity contribution is 5.87. The largest absolute Gasteiger partial charge is 0.480 e. The predicted molar refractivity (Wildman–Crippen MR) is 72.2 cm³/mol. The van der Waals surface area contributed by atoms with Gasteiger partial charge in [0.2, 0.25) is 5.91 Å². The van der Waals surface area contributed by atoms with Crippen molar-refractivity contribution in [3.63, 3.8) is 0 Å². The van der Waals surface area contributed by atoms with Gasteiger partial charge in [-0.1, -0.05) is 13.3 Å². The molecule has 114 valence electrons. The van der Waals surface area contributed by atoms with Crippen LogP contribution in [0, 0.1) is 5.92 Å². The number of carbonyl (C=O) groups excluding carboxylic acids is 2. The number of nitrogens with one attached hydrogen (secondary N) is 1. The van der Waals surface area contributed by atoms with E-state index in [9.17, 15) is 14.4 Å². The van der Waals surface area contributed by atoms with Crippen LogP contribution in [0.4, 0.5) is 0 Å². The van der Waals surface area contributed by atoms with Crippen LogP contribution in [0.2, 0.25) is 0 Å². The maximum atomic E-state index is 12.2. The topological polar surface area (TPSA) is 92.7 Å². The van der Waals surface area contributed by atoms with Gasteiger partial charge in [-0.3, -0.25) is 4.79 Å². The lowest BCUT2D eigenvalue weighted by Crippen LogP contribution is -2.54. The standard InChI is InChI=1S/C14H23NO5/c1-3-14(2,13(18)19)15-12(17)10-5-4-6-11(9-10)20-8-7-16/h7,10-11H,3-6,8-9H2,1-2H3,(H,15,17)(H,18,19). The van der Waals surface area contributed by atoms with Gasteiger partial charge in [-0.15, -0.1) is 0 Å². The van der Waals surface area contributed by atoms with Crippen molar-refractivity contribution in [3.8, 4) is 0 Å². The highest BCUT2D eigenvalue weighted by Gasteiger charge is 2.36. The molecule has 1 amide bonds. The maximum Gasteiger partial charge on any atom is 0.329 e. The lowest BCUT2D eigenvalue weighted by molar-refractivity contribution is -0.148. The van der Waals surface area contributed by atoms with Crippen molar-refractivity contribution in [3.05, 3.63) is 0 Å². The Hall–Kier alpha value is -1.43. The molecule has 0 saturated heterocycles. The van der Waals surface area contributed by atoms with Crippen LogP contribution in [0.25, 0.3) is 0 Å². The van der Waals surface area contributed by atoms with Gasteiger partial charge in [0.05, 0.1) is 6.10 Å². The summed E-state index contributed by atoms with van der Waals surface area (Å²) in [5.74, 6) is -1.51. The molecule has 20 heavy (non-hydrogen) atoms. The number of aldehydes is 1. The molecule has 1 rings (SSSR count). The second kappa shape index (κ2) is 7.38. The highest BCUT2D eigenvalue weighted by atomic mass is 16.5. The van der Waals surface area contributed by atoms with Crippen LogP contribution in [0.3, 0.4) is 0 Å². The van der Waals surface area contributed by atoms with E-state index in [2.05, 4.69) is 5.32 Å². The Morgan fingerprint density at radius 1 is 1.45 bits per heavy atom. The second-order valence-electron chi connectivity index (χ2n) is 5.47. The quantitative estimate of drug-likeness (QED) is 0.684. The zero-order valence-electron chi connectivity index (χ0n) is 12.1. The molecule has 0 aromatic heterocycles. The van der Waals surface area contributed by atoms with E-state index in [-0.39, 0.29) is 24.5 Å². The molecule has 0 heterocycles. The van der Waals surface area contributed by atoms with Gasteiger partial charge in [0.15, 0.2) is 0 Å². The average Bonchev–Trinajstić information content (AvgIpc) is 2.45. The number of ether oxygens (including phenoxy) is 1. The Kier molecular flexibility index (Phi) is 6.13. The van der Waals surface area contributed by atoms with E-state index in [4.69, 9.17) is 9.84 Å². The second-order valence-corrected chi connectivity index (χ2v) is 5.47. The highest BCUT2D eigenvalue weighted by Crippen LogP contribution is 2.27. The van der Waals surface area contributed by atoms with E-state index in [0.717, 1.165) is 19.3 Å². The van der Waals surface area contributed by atoms with Crippen LogP contribution >= 0.6 is 0 Å².